The van der Waals surface area contributed by atoms with E-state index in [1.54, 1.807) is 18.2 Å². The number of nitrogens with zero attached hydrogens (tertiary/aromatic N) is 2. The van der Waals surface area contributed by atoms with Gasteiger partial charge in [0.05, 0.1) is 5.56 Å². The number of aromatic hydroxyl groups is 2. The van der Waals surface area contributed by atoms with Crippen molar-refractivity contribution in [2.24, 2.45) is 0 Å². The molecule has 1 unspecified atom stereocenters. The lowest BCUT2D eigenvalue weighted by atomic mass is 9.96. The summed E-state index contributed by atoms with van der Waals surface area (Å²) in [6.45, 7) is 9.32. The molecule has 1 fully saturated rings. The summed E-state index contributed by atoms with van der Waals surface area (Å²) in [6.07, 6.45) is 0. The van der Waals surface area contributed by atoms with Crippen LogP contribution in [0.15, 0.2) is 18.2 Å². The van der Waals surface area contributed by atoms with E-state index in [-0.39, 0.29) is 23.1 Å². The molecule has 1 aromatic carbocycles. The number of benzene rings is 1. The van der Waals surface area contributed by atoms with Crippen LogP contribution in [0.4, 0.5) is 0 Å². The Hall–Kier alpha value is -1.26. The lowest BCUT2D eigenvalue weighted by Crippen LogP contribution is -2.57. The summed E-state index contributed by atoms with van der Waals surface area (Å²) in [5.41, 5.74) is 0.731. The fourth-order valence-electron chi connectivity index (χ4n) is 2.76. The molecule has 106 valence electrons. The van der Waals surface area contributed by atoms with Gasteiger partial charge in [-0.2, -0.15) is 0 Å². The number of likely N-dealkylation sites (N-methyl/N-ethyl adjacent to an activating group) is 1. The Morgan fingerprint density at radius 1 is 1.16 bits per heavy atom. The van der Waals surface area contributed by atoms with Crippen molar-refractivity contribution in [2.75, 3.05) is 26.7 Å². The van der Waals surface area contributed by atoms with Gasteiger partial charge in [0.1, 0.15) is 11.5 Å². The molecule has 0 spiro atoms. The van der Waals surface area contributed by atoms with Gasteiger partial charge >= 0.3 is 0 Å². The van der Waals surface area contributed by atoms with Gasteiger partial charge in [-0.25, -0.2) is 0 Å². The first-order valence-electron chi connectivity index (χ1n) is 6.79. The van der Waals surface area contributed by atoms with Gasteiger partial charge in [0.15, 0.2) is 0 Å². The largest absolute Gasteiger partial charge is 0.507 e. The molecule has 2 rings (SSSR count). The van der Waals surface area contributed by atoms with E-state index in [0.717, 1.165) is 19.6 Å². The first-order valence-corrected chi connectivity index (χ1v) is 6.79. The third-order valence-electron chi connectivity index (χ3n) is 4.37. The van der Waals surface area contributed by atoms with Crippen LogP contribution in [0.1, 0.15) is 32.4 Å². The first kappa shape index (κ1) is 14.2. The number of piperazine rings is 1. The maximum Gasteiger partial charge on any atom is 0.124 e. The summed E-state index contributed by atoms with van der Waals surface area (Å²) < 4.78 is 0. The van der Waals surface area contributed by atoms with Crippen LogP contribution in [0.5, 0.6) is 11.5 Å². The fraction of sp³-hybridized carbons (Fsp3) is 0.600. The van der Waals surface area contributed by atoms with Crippen LogP contribution in [0, 0.1) is 0 Å². The normalized spacial score (nSPS) is 22.3. The third kappa shape index (κ3) is 2.69. The number of hydrogen-bond acceptors (Lipinski definition) is 4. The van der Waals surface area contributed by atoms with Gasteiger partial charge in [0, 0.05) is 31.2 Å². The lowest BCUT2D eigenvalue weighted by Gasteiger charge is -2.47. The highest BCUT2D eigenvalue weighted by Crippen LogP contribution is 2.37. The number of rotatable bonds is 2. The maximum atomic E-state index is 9.98. The Morgan fingerprint density at radius 2 is 1.74 bits per heavy atom. The summed E-state index contributed by atoms with van der Waals surface area (Å²) in [5, 5.41) is 20.0. The average molecular weight is 264 g/mol. The second-order valence-electron chi connectivity index (χ2n) is 6.09. The summed E-state index contributed by atoms with van der Waals surface area (Å²) in [5.74, 6) is 0.341. The Labute approximate surface area is 115 Å². The van der Waals surface area contributed by atoms with Gasteiger partial charge in [0.2, 0.25) is 0 Å². The Balaban J connectivity index is 2.23. The zero-order chi connectivity index (χ0) is 14.2. The number of phenolic OH excluding ortho intramolecular Hbond substituents is 2. The second kappa shape index (κ2) is 5.02. The molecule has 0 radical (unpaired) electrons. The molecule has 1 heterocycles. The molecular formula is C15H24N2O2. The van der Waals surface area contributed by atoms with Crippen LogP contribution in [0.25, 0.3) is 0 Å². The topological polar surface area (TPSA) is 46.9 Å². The summed E-state index contributed by atoms with van der Waals surface area (Å²) in [6, 6.07) is 4.93. The highest BCUT2D eigenvalue weighted by Gasteiger charge is 2.34. The van der Waals surface area contributed by atoms with E-state index < -0.39 is 0 Å². The lowest BCUT2D eigenvalue weighted by molar-refractivity contribution is 0.0192. The minimum atomic E-state index is 0.00850. The van der Waals surface area contributed by atoms with Crippen molar-refractivity contribution in [3.63, 3.8) is 0 Å². The molecule has 0 saturated carbocycles. The van der Waals surface area contributed by atoms with E-state index >= 15 is 0 Å². The quantitative estimate of drug-likeness (QED) is 0.859. The predicted molar refractivity (Wildman–Crippen MR) is 76.5 cm³/mol. The minimum absolute atomic E-state index is 0.00850. The van der Waals surface area contributed by atoms with Crippen molar-refractivity contribution in [3.05, 3.63) is 23.8 Å². The van der Waals surface area contributed by atoms with Gasteiger partial charge in [-0.15, -0.1) is 0 Å². The van der Waals surface area contributed by atoms with Crippen LogP contribution >= 0.6 is 0 Å². The van der Waals surface area contributed by atoms with Gasteiger partial charge in [-0.1, -0.05) is 6.07 Å². The molecule has 1 aliphatic rings. The van der Waals surface area contributed by atoms with E-state index in [2.05, 4.69) is 30.7 Å². The van der Waals surface area contributed by atoms with Crippen LogP contribution in [-0.4, -0.2) is 52.2 Å². The zero-order valence-corrected chi connectivity index (χ0v) is 12.2. The minimum Gasteiger partial charge on any atom is -0.507 e. The standard InChI is InChI=1S/C15H24N2O2/c1-11(14-12(18)6-5-7-13(14)19)17-9-8-16(4)15(2,3)10-17/h5-7,11,18-19H,8-10H2,1-4H3. The molecule has 0 aliphatic carbocycles. The maximum absolute atomic E-state index is 9.98. The Bertz CT molecular complexity index is 439. The summed E-state index contributed by atoms with van der Waals surface area (Å²) >= 11 is 0. The molecule has 1 atom stereocenters. The van der Waals surface area contributed by atoms with Crippen LogP contribution < -0.4 is 0 Å². The molecule has 4 heteroatoms. The molecule has 0 amide bonds. The molecule has 1 aromatic rings. The van der Waals surface area contributed by atoms with Gasteiger partial charge < -0.3 is 10.2 Å². The molecule has 0 bridgehead atoms. The fourth-order valence-corrected chi connectivity index (χ4v) is 2.76. The molecule has 1 saturated heterocycles. The van der Waals surface area contributed by atoms with Crippen molar-refractivity contribution in [1.82, 2.24) is 9.80 Å². The molecule has 1 aliphatic heterocycles. The highest BCUT2D eigenvalue weighted by molar-refractivity contribution is 5.45. The summed E-state index contributed by atoms with van der Waals surface area (Å²) in [7, 11) is 2.14. The van der Waals surface area contributed by atoms with Crippen molar-refractivity contribution in [3.8, 4) is 11.5 Å². The second-order valence-corrected chi connectivity index (χ2v) is 6.09. The van der Waals surface area contributed by atoms with E-state index in [1.165, 1.54) is 0 Å². The van der Waals surface area contributed by atoms with Crippen LogP contribution in [0.2, 0.25) is 0 Å². The summed E-state index contributed by atoms with van der Waals surface area (Å²) in [4.78, 5) is 4.66. The SMILES string of the molecule is CC(c1c(O)cccc1O)N1CCN(C)C(C)(C)C1. The van der Waals surface area contributed by atoms with Crippen LogP contribution in [0.3, 0.4) is 0 Å². The molecule has 0 aromatic heterocycles. The van der Waals surface area contributed by atoms with Crippen molar-refractivity contribution >= 4 is 0 Å². The number of hydrogen-bond donors (Lipinski definition) is 2. The average Bonchev–Trinajstić information content (AvgIpc) is 2.32. The Morgan fingerprint density at radius 3 is 2.26 bits per heavy atom. The smallest absolute Gasteiger partial charge is 0.124 e. The molecule has 19 heavy (non-hydrogen) atoms. The molecule has 2 N–H and O–H groups in total. The van der Waals surface area contributed by atoms with E-state index in [1.807, 2.05) is 6.92 Å². The molecular weight excluding hydrogens is 240 g/mol. The Kier molecular flexibility index (Phi) is 3.74. The highest BCUT2D eigenvalue weighted by atomic mass is 16.3. The van der Waals surface area contributed by atoms with Gasteiger partial charge in [0.25, 0.3) is 0 Å². The van der Waals surface area contributed by atoms with Gasteiger partial charge in [-0.3, -0.25) is 9.80 Å². The van der Waals surface area contributed by atoms with Crippen molar-refractivity contribution in [1.29, 1.82) is 0 Å². The first-order chi connectivity index (χ1) is 8.83. The van der Waals surface area contributed by atoms with Crippen molar-refractivity contribution < 1.29 is 10.2 Å². The van der Waals surface area contributed by atoms with E-state index in [4.69, 9.17) is 0 Å². The molecule has 4 nitrogen and oxygen atoms in total. The van der Waals surface area contributed by atoms with Crippen LogP contribution in [-0.2, 0) is 0 Å². The van der Waals surface area contributed by atoms with E-state index in [0.29, 0.717) is 5.56 Å². The number of phenols is 2. The monoisotopic (exact) mass is 264 g/mol. The van der Waals surface area contributed by atoms with E-state index in [9.17, 15) is 10.2 Å². The zero-order valence-electron chi connectivity index (χ0n) is 12.2. The predicted octanol–water partition coefficient (Wildman–Crippen LogP) is 2.18. The third-order valence-corrected chi connectivity index (χ3v) is 4.37. The van der Waals surface area contributed by atoms with Crippen molar-refractivity contribution in [2.45, 2.75) is 32.4 Å². The van der Waals surface area contributed by atoms with Gasteiger partial charge in [-0.05, 0) is 40.0 Å².